The van der Waals surface area contributed by atoms with Gasteiger partial charge in [-0.05, 0) is 120 Å². The molecule has 0 saturated carbocycles. The van der Waals surface area contributed by atoms with Crippen molar-refractivity contribution in [1.29, 1.82) is 0 Å². The smallest absolute Gasteiger partial charge is 0.0462 e. The molecule has 266 valence electrons. The van der Waals surface area contributed by atoms with Crippen molar-refractivity contribution in [2.24, 2.45) is 0 Å². The number of allylic oxidation sites excluding steroid dienone is 5. The quantitative estimate of drug-likeness (QED) is 0.106. The van der Waals surface area contributed by atoms with Gasteiger partial charge in [0.2, 0.25) is 0 Å². The Balaban J connectivity index is 1.08. The fourth-order valence-corrected chi connectivity index (χ4v) is 8.16. The lowest BCUT2D eigenvalue weighted by molar-refractivity contribution is 1.28. The molecule has 9 aromatic rings. The van der Waals surface area contributed by atoms with E-state index in [2.05, 4.69) is 225 Å². The van der Waals surface area contributed by atoms with Crippen LogP contribution in [0.1, 0.15) is 12.5 Å². The van der Waals surface area contributed by atoms with Crippen molar-refractivity contribution in [2.45, 2.75) is 6.92 Å². The average molecular weight is 716 g/mol. The standard InChI is InChI=1S/C55H41N/c1-3-5-16-39(4-2)40-31-35-46(36-32-40)56(45-19-7-6-8-20-45)47-37-33-42(34-38-47)41-27-29-44(30-28-41)54-50-22-11-13-24-52(50)55(53-25-14-12-23-51(53)54)49-26-15-18-43-17-9-10-21-48(43)49/h3-38H,1H2,2H3/b16-5-,39-4+. The number of hydrogen-bond donors (Lipinski definition) is 0. The summed E-state index contributed by atoms with van der Waals surface area (Å²) in [5.74, 6) is 0. The highest BCUT2D eigenvalue weighted by atomic mass is 15.1. The topological polar surface area (TPSA) is 3.24 Å². The van der Waals surface area contributed by atoms with Crippen LogP contribution in [0, 0.1) is 0 Å². The van der Waals surface area contributed by atoms with E-state index in [4.69, 9.17) is 0 Å². The zero-order chi connectivity index (χ0) is 37.8. The van der Waals surface area contributed by atoms with E-state index in [1.807, 2.05) is 12.2 Å². The van der Waals surface area contributed by atoms with Crippen LogP contribution < -0.4 is 4.90 Å². The zero-order valence-electron chi connectivity index (χ0n) is 31.4. The van der Waals surface area contributed by atoms with Crippen molar-refractivity contribution in [1.82, 2.24) is 0 Å². The Morgan fingerprint density at radius 2 is 0.893 bits per heavy atom. The molecular weight excluding hydrogens is 675 g/mol. The molecule has 0 fully saturated rings. The van der Waals surface area contributed by atoms with E-state index in [1.165, 1.54) is 71.3 Å². The van der Waals surface area contributed by atoms with Gasteiger partial charge in [-0.1, -0.05) is 189 Å². The molecule has 0 amide bonds. The minimum absolute atomic E-state index is 1.10. The molecule has 0 spiro atoms. The van der Waals surface area contributed by atoms with E-state index >= 15 is 0 Å². The molecule has 0 bridgehead atoms. The van der Waals surface area contributed by atoms with Crippen molar-refractivity contribution >= 4 is 55.0 Å². The fraction of sp³-hybridized carbons (Fsp3) is 0.0182. The number of hydrogen-bond acceptors (Lipinski definition) is 1. The van der Waals surface area contributed by atoms with Crippen LogP contribution >= 0.6 is 0 Å². The van der Waals surface area contributed by atoms with E-state index in [1.54, 1.807) is 0 Å². The van der Waals surface area contributed by atoms with E-state index < -0.39 is 0 Å². The molecule has 9 rings (SSSR count). The summed E-state index contributed by atoms with van der Waals surface area (Å²) in [5, 5.41) is 7.58. The van der Waals surface area contributed by atoms with Crippen molar-refractivity contribution in [2.75, 3.05) is 4.90 Å². The highest BCUT2D eigenvalue weighted by Gasteiger charge is 2.18. The zero-order valence-corrected chi connectivity index (χ0v) is 31.4. The molecule has 56 heavy (non-hydrogen) atoms. The second kappa shape index (κ2) is 15.3. The molecule has 0 saturated heterocycles. The third-order valence-corrected chi connectivity index (χ3v) is 10.8. The number of para-hydroxylation sites is 1. The summed E-state index contributed by atoms with van der Waals surface area (Å²) < 4.78 is 0. The summed E-state index contributed by atoms with van der Waals surface area (Å²) in [4.78, 5) is 2.31. The van der Waals surface area contributed by atoms with Gasteiger partial charge in [-0.15, -0.1) is 0 Å². The van der Waals surface area contributed by atoms with Crippen molar-refractivity contribution in [3.8, 4) is 33.4 Å². The van der Waals surface area contributed by atoms with Crippen LogP contribution in [0.4, 0.5) is 17.1 Å². The molecule has 0 unspecified atom stereocenters. The third-order valence-electron chi connectivity index (χ3n) is 10.8. The van der Waals surface area contributed by atoms with Gasteiger partial charge in [0.1, 0.15) is 0 Å². The maximum Gasteiger partial charge on any atom is 0.0462 e. The molecule has 0 aliphatic carbocycles. The molecule has 9 aromatic carbocycles. The van der Waals surface area contributed by atoms with Gasteiger partial charge in [0.25, 0.3) is 0 Å². The van der Waals surface area contributed by atoms with Crippen LogP contribution in [0.25, 0.3) is 71.3 Å². The Hall–Kier alpha value is -7.22. The van der Waals surface area contributed by atoms with E-state index in [0.717, 1.165) is 22.6 Å². The molecule has 0 aliphatic rings. The van der Waals surface area contributed by atoms with Crippen LogP contribution in [-0.4, -0.2) is 0 Å². The lowest BCUT2D eigenvalue weighted by Gasteiger charge is -2.26. The molecule has 0 aliphatic heterocycles. The van der Waals surface area contributed by atoms with Crippen LogP contribution in [-0.2, 0) is 0 Å². The first kappa shape index (κ1) is 34.5. The van der Waals surface area contributed by atoms with Gasteiger partial charge in [-0.3, -0.25) is 0 Å². The average Bonchev–Trinajstić information content (AvgIpc) is 3.27. The van der Waals surface area contributed by atoms with Gasteiger partial charge in [0.05, 0.1) is 0 Å². The van der Waals surface area contributed by atoms with Gasteiger partial charge in [-0.2, -0.15) is 0 Å². The summed E-state index contributed by atoms with van der Waals surface area (Å²) >= 11 is 0. The third kappa shape index (κ3) is 6.40. The van der Waals surface area contributed by atoms with Gasteiger partial charge < -0.3 is 4.90 Å². The predicted molar refractivity (Wildman–Crippen MR) is 243 cm³/mol. The lowest BCUT2D eigenvalue weighted by atomic mass is 9.84. The summed E-state index contributed by atoms with van der Waals surface area (Å²) in [6.45, 7) is 5.89. The van der Waals surface area contributed by atoms with Crippen molar-refractivity contribution in [3.63, 3.8) is 0 Å². The largest absolute Gasteiger partial charge is 0.311 e. The first-order valence-corrected chi connectivity index (χ1v) is 19.3. The Morgan fingerprint density at radius 1 is 0.429 bits per heavy atom. The van der Waals surface area contributed by atoms with Crippen LogP contribution in [0.2, 0.25) is 0 Å². The molecular formula is C55H41N. The highest BCUT2D eigenvalue weighted by Crippen LogP contribution is 2.45. The fourth-order valence-electron chi connectivity index (χ4n) is 8.16. The van der Waals surface area contributed by atoms with Gasteiger partial charge >= 0.3 is 0 Å². The van der Waals surface area contributed by atoms with Crippen LogP contribution in [0.3, 0.4) is 0 Å². The SMILES string of the molecule is C=C/C=C\C(=C/C)c1ccc(N(c2ccccc2)c2ccc(-c3ccc(-c4c5ccccc5c(-c5cccc6ccccc56)c5ccccc45)cc3)cc2)cc1. The predicted octanol–water partition coefficient (Wildman–Crippen LogP) is 15.8. The van der Waals surface area contributed by atoms with E-state index in [9.17, 15) is 0 Å². The summed E-state index contributed by atoms with van der Waals surface area (Å²) in [6, 6.07) is 70.5. The molecule has 0 radical (unpaired) electrons. The minimum atomic E-state index is 1.10. The van der Waals surface area contributed by atoms with E-state index in [0.29, 0.717) is 0 Å². The first-order valence-electron chi connectivity index (χ1n) is 19.3. The van der Waals surface area contributed by atoms with Crippen LogP contribution in [0.5, 0.6) is 0 Å². The molecule has 0 N–H and O–H groups in total. The molecule has 0 atom stereocenters. The lowest BCUT2D eigenvalue weighted by Crippen LogP contribution is -2.09. The Bertz CT molecular complexity index is 2830. The summed E-state index contributed by atoms with van der Waals surface area (Å²) in [6.07, 6.45) is 8.00. The monoisotopic (exact) mass is 715 g/mol. The second-order valence-corrected chi connectivity index (χ2v) is 14.0. The maximum atomic E-state index is 3.82. The Labute approximate surface area is 329 Å². The number of fused-ring (bicyclic) bond motifs is 3. The molecule has 1 heteroatoms. The maximum absolute atomic E-state index is 3.82. The summed E-state index contributed by atoms with van der Waals surface area (Å²) in [7, 11) is 0. The van der Waals surface area contributed by atoms with Crippen LogP contribution in [0.15, 0.2) is 225 Å². The molecule has 0 aromatic heterocycles. The Morgan fingerprint density at radius 3 is 1.48 bits per heavy atom. The number of rotatable bonds is 9. The second-order valence-electron chi connectivity index (χ2n) is 14.0. The van der Waals surface area contributed by atoms with Crippen molar-refractivity contribution in [3.05, 3.63) is 231 Å². The van der Waals surface area contributed by atoms with Crippen molar-refractivity contribution < 1.29 is 0 Å². The number of anilines is 3. The molecule has 1 nitrogen and oxygen atoms in total. The summed E-state index contributed by atoms with van der Waals surface area (Å²) in [5.41, 5.74) is 13.0. The van der Waals surface area contributed by atoms with Gasteiger partial charge in [-0.25, -0.2) is 0 Å². The van der Waals surface area contributed by atoms with E-state index in [-0.39, 0.29) is 0 Å². The molecule has 0 heterocycles. The minimum Gasteiger partial charge on any atom is -0.311 e. The Kier molecular flexibility index (Phi) is 9.41. The normalized spacial score (nSPS) is 11.8. The highest BCUT2D eigenvalue weighted by molar-refractivity contribution is 6.23. The number of nitrogens with zero attached hydrogens (tertiary/aromatic N) is 1. The van der Waals surface area contributed by atoms with Gasteiger partial charge in [0.15, 0.2) is 0 Å². The first-order chi connectivity index (χ1) is 27.7. The number of benzene rings is 9. The van der Waals surface area contributed by atoms with Gasteiger partial charge in [0, 0.05) is 17.1 Å².